The Morgan fingerprint density at radius 2 is 1.83 bits per heavy atom. The van der Waals surface area contributed by atoms with Crippen LogP contribution < -0.4 is 21.1 Å². The van der Waals surface area contributed by atoms with Crippen LogP contribution in [0.5, 0.6) is 0 Å². The molecule has 0 radical (unpaired) electrons. The number of likely N-dealkylation sites (N-methyl/N-ethyl adjacent to an activating group) is 1. The van der Waals surface area contributed by atoms with Crippen LogP contribution in [-0.2, 0) is 10.2 Å². The molecule has 3 atom stereocenters. The van der Waals surface area contributed by atoms with Crippen LogP contribution in [0.3, 0.4) is 0 Å². The van der Waals surface area contributed by atoms with Crippen LogP contribution in [0.25, 0.3) is 0 Å². The summed E-state index contributed by atoms with van der Waals surface area (Å²) in [5.41, 5.74) is 8.83. The smallest absolute Gasteiger partial charge is 0.245 e. The third kappa shape index (κ3) is 3.75. The Labute approximate surface area is 150 Å². The summed E-state index contributed by atoms with van der Waals surface area (Å²) in [5.74, 6) is 0.435. The van der Waals surface area contributed by atoms with Gasteiger partial charge in [-0.05, 0) is 36.1 Å². The third-order valence-electron chi connectivity index (χ3n) is 5.10. The Morgan fingerprint density at radius 1 is 1.17 bits per heavy atom. The maximum absolute atomic E-state index is 12.9. The summed E-state index contributed by atoms with van der Waals surface area (Å²) < 4.78 is 0. The Bertz CT molecular complexity index is 569. The van der Waals surface area contributed by atoms with E-state index < -0.39 is 0 Å². The number of benzene rings is 1. The number of anilines is 1. The summed E-state index contributed by atoms with van der Waals surface area (Å²) in [7, 11) is 1.86. The van der Waals surface area contributed by atoms with Crippen molar-refractivity contribution in [2.24, 2.45) is 5.92 Å². The highest BCUT2D eigenvalue weighted by Gasteiger charge is 2.42. The van der Waals surface area contributed by atoms with Gasteiger partial charge in [0.1, 0.15) is 6.04 Å². The molecule has 2 fully saturated rings. The van der Waals surface area contributed by atoms with Gasteiger partial charge < -0.3 is 10.2 Å². The number of rotatable bonds is 2. The van der Waals surface area contributed by atoms with Crippen LogP contribution in [0.15, 0.2) is 24.3 Å². The van der Waals surface area contributed by atoms with Gasteiger partial charge in [-0.25, -0.2) is 5.43 Å². The van der Waals surface area contributed by atoms with Crippen LogP contribution in [0.2, 0.25) is 0 Å². The summed E-state index contributed by atoms with van der Waals surface area (Å²) in [6.07, 6.45) is 1.06. The molecule has 6 heteroatoms. The first-order chi connectivity index (χ1) is 10.9. The highest BCUT2D eigenvalue weighted by Crippen LogP contribution is 2.26. The second kappa shape index (κ2) is 7.40. The van der Waals surface area contributed by atoms with Crippen molar-refractivity contribution in [2.75, 3.05) is 25.0 Å². The Morgan fingerprint density at radius 3 is 2.46 bits per heavy atom. The number of hydrogen-bond donors (Lipinski definition) is 3. The number of amides is 1. The van der Waals surface area contributed by atoms with Gasteiger partial charge in [0.05, 0.1) is 0 Å². The Balaban J connectivity index is 0.00000208. The number of nitrogens with zero attached hydrogens (tertiary/aromatic N) is 1. The van der Waals surface area contributed by atoms with Crippen LogP contribution >= 0.6 is 12.4 Å². The Hall–Kier alpha value is -1.14. The first-order valence-electron chi connectivity index (χ1n) is 8.48. The van der Waals surface area contributed by atoms with E-state index in [9.17, 15) is 4.79 Å². The van der Waals surface area contributed by atoms with E-state index in [-0.39, 0.29) is 29.8 Å². The molecule has 0 saturated carbocycles. The van der Waals surface area contributed by atoms with Gasteiger partial charge in [0.15, 0.2) is 0 Å². The predicted molar refractivity (Wildman–Crippen MR) is 101 cm³/mol. The summed E-state index contributed by atoms with van der Waals surface area (Å²) in [4.78, 5) is 14.6. The SMILES string of the molecule is CN(C(=O)C1NNC2CCNCC21)c1ccc(C(C)(C)C)cc1.Cl. The summed E-state index contributed by atoms with van der Waals surface area (Å²) >= 11 is 0. The fourth-order valence-electron chi connectivity index (χ4n) is 3.48. The van der Waals surface area contributed by atoms with Gasteiger partial charge in [0.25, 0.3) is 0 Å². The molecule has 0 spiro atoms. The summed E-state index contributed by atoms with van der Waals surface area (Å²) in [6.45, 7) is 8.49. The molecule has 2 aliphatic heterocycles. The minimum absolute atomic E-state index is 0. The molecule has 3 unspecified atom stereocenters. The van der Waals surface area contributed by atoms with E-state index in [2.05, 4.69) is 49.1 Å². The zero-order valence-electron chi connectivity index (χ0n) is 14.9. The molecule has 3 N–H and O–H groups in total. The number of fused-ring (bicyclic) bond motifs is 1. The second-order valence-electron chi connectivity index (χ2n) is 7.72. The number of carbonyl (C=O) groups is 1. The fourth-order valence-corrected chi connectivity index (χ4v) is 3.48. The van der Waals surface area contributed by atoms with E-state index in [1.54, 1.807) is 4.90 Å². The average molecular weight is 353 g/mol. The summed E-state index contributed by atoms with van der Waals surface area (Å²) in [5, 5.41) is 3.39. The molecule has 2 heterocycles. The monoisotopic (exact) mass is 352 g/mol. The van der Waals surface area contributed by atoms with Crippen LogP contribution in [0, 0.1) is 5.92 Å². The minimum Gasteiger partial charge on any atom is -0.316 e. The first kappa shape index (κ1) is 19.2. The molecule has 3 rings (SSSR count). The predicted octanol–water partition coefficient (Wildman–Crippen LogP) is 1.82. The van der Waals surface area contributed by atoms with Crippen molar-refractivity contribution in [2.45, 2.75) is 44.7 Å². The van der Waals surface area contributed by atoms with Crippen molar-refractivity contribution in [3.05, 3.63) is 29.8 Å². The van der Waals surface area contributed by atoms with Crippen molar-refractivity contribution < 1.29 is 4.79 Å². The number of hydrazine groups is 1. The average Bonchev–Trinajstić information content (AvgIpc) is 2.97. The van der Waals surface area contributed by atoms with E-state index in [0.717, 1.165) is 25.2 Å². The lowest BCUT2D eigenvalue weighted by Crippen LogP contribution is -2.49. The number of carbonyl (C=O) groups excluding carboxylic acids is 1. The number of halogens is 1. The fraction of sp³-hybridized carbons (Fsp3) is 0.611. The molecule has 0 aliphatic carbocycles. The Kier molecular flexibility index (Phi) is 5.91. The van der Waals surface area contributed by atoms with Crippen molar-refractivity contribution in [1.82, 2.24) is 16.2 Å². The largest absolute Gasteiger partial charge is 0.316 e. The molecule has 0 bridgehead atoms. The van der Waals surface area contributed by atoms with Crippen molar-refractivity contribution in [1.29, 1.82) is 0 Å². The third-order valence-corrected chi connectivity index (χ3v) is 5.10. The van der Waals surface area contributed by atoms with Gasteiger partial charge in [-0.2, -0.15) is 0 Å². The van der Waals surface area contributed by atoms with Gasteiger partial charge in [0, 0.05) is 31.2 Å². The molecule has 0 aromatic heterocycles. The van der Waals surface area contributed by atoms with Gasteiger partial charge in [-0.1, -0.05) is 32.9 Å². The van der Waals surface area contributed by atoms with Crippen molar-refractivity contribution in [3.8, 4) is 0 Å². The van der Waals surface area contributed by atoms with Gasteiger partial charge >= 0.3 is 0 Å². The molecule has 5 nitrogen and oxygen atoms in total. The number of hydrogen-bond acceptors (Lipinski definition) is 4. The molecular weight excluding hydrogens is 324 g/mol. The lowest BCUT2D eigenvalue weighted by atomic mass is 9.87. The molecule has 1 aromatic carbocycles. The van der Waals surface area contributed by atoms with E-state index in [0.29, 0.717) is 12.0 Å². The molecule has 2 saturated heterocycles. The molecule has 1 aromatic rings. The molecular formula is C18H29ClN4O. The molecule has 1 amide bonds. The van der Waals surface area contributed by atoms with E-state index in [1.807, 2.05) is 19.2 Å². The van der Waals surface area contributed by atoms with Gasteiger partial charge in [0.2, 0.25) is 5.91 Å². The minimum atomic E-state index is -0.167. The maximum Gasteiger partial charge on any atom is 0.245 e. The highest BCUT2D eigenvalue weighted by atomic mass is 35.5. The highest BCUT2D eigenvalue weighted by molar-refractivity contribution is 5.97. The second-order valence-corrected chi connectivity index (χ2v) is 7.72. The first-order valence-corrected chi connectivity index (χ1v) is 8.48. The zero-order chi connectivity index (χ0) is 16.6. The van der Waals surface area contributed by atoms with Gasteiger partial charge in [-0.15, -0.1) is 12.4 Å². The lowest BCUT2D eigenvalue weighted by Gasteiger charge is -2.29. The van der Waals surface area contributed by atoms with Crippen LogP contribution in [0.4, 0.5) is 5.69 Å². The number of nitrogens with one attached hydrogen (secondary N) is 3. The van der Waals surface area contributed by atoms with Gasteiger partial charge in [-0.3, -0.25) is 10.2 Å². The van der Waals surface area contributed by atoms with Crippen molar-refractivity contribution >= 4 is 24.0 Å². The normalized spacial score (nSPS) is 26.4. The van der Waals surface area contributed by atoms with E-state index in [1.165, 1.54) is 5.56 Å². The number of piperidine rings is 1. The summed E-state index contributed by atoms with van der Waals surface area (Å²) in [6, 6.07) is 8.53. The maximum atomic E-state index is 12.9. The van der Waals surface area contributed by atoms with E-state index in [4.69, 9.17) is 0 Å². The van der Waals surface area contributed by atoms with E-state index >= 15 is 0 Å². The van der Waals surface area contributed by atoms with Crippen LogP contribution in [-0.4, -0.2) is 38.1 Å². The topological polar surface area (TPSA) is 56.4 Å². The molecule has 2 aliphatic rings. The standard InChI is InChI=1S/C18H28N4O.ClH/c1-18(2,3)12-5-7-13(8-6-12)22(4)17(23)16-14-11-19-10-9-15(14)20-21-16;/h5-8,14-16,19-21H,9-11H2,1-4H3;1H. The van der Waals surface area contributed by atoms with Crippen molar-refractivity contribution in [3.63, 3.8) is 0 Å². The lowest BCUT2D eigenvalue weighted by molar-refractivity contribution is -0.121. The molecule has 134 valence electrons. The zero-order valence-corrected chi connectivity index (χ0v) is 15.7. The quantitative estimate of drug-likeness (QED) is 0.760. The molecule has 24 heavy (non-hydrogen) atoms. The van der Waals surface area contributed by atoms with Crippen LogP contribution in [0.1, 0.15) is 32.8 Å².